The van der Waals surface area contributed by atoms with Crippen LogP contribution in [-0.4, -0.2) is 45.2 Å². The SMILES string of the molecule is CC(c1ccc(C(F)(F)F)nc1)S(C)(=O)=NC#N.Cc1cc(C(F)(C(F)(F)F)C(F)(F)F)ccc1NC(=O)c1cccc(Cl)c1C(=O)NC(C)(C)C#N. The number of amides is 2. The standard InChI is InChI=1S/C22H17ClF7N3O2.C10H10F3N3OS/c1-11-9-12(20(24,21(25,26)27)22(28,29)30)7-8-15(11)32-17(34)13-5-4-6-14(23)16(13)18(35)33-19(2,3)10-31;1-7(18(2,17)16-6-14)8-3-4-9(15-5-8)10(11,12)13/h4-9H,1-3H3,(H,32,34)(H,33,35);3-5,7H,1-2H3. The van der Waals surface area contributed by atoms with Crippen molar-refractivity contribution in [2.45, 2.75) is 62.7 Å². The van der Waals surface area contributed by atoms with Crippen LogP contribution in [0.1, 0.15) is 69.1 Å². The maximum Gasteiger partial charge on any atom is 0.435 e. The van der Waals surface area contributed by atoms with Crippen LogP contribution in [0.5, 0.6) is 0 Å². The third-order valence-corrected chi connectivity index (χ3v) is 9.61. The molecule has 2 unspecified atom stereocenters. The molecule has 2 atom stereocenters. The number of carbonyl (C=O) groups excluding carboxylic acids is 2. The molecule has 2 amide bonds. The molecule has 0 radical (unpaired) electrons. The summed E-state index contributed by atoms with van der Waals surface area (Å²) in [6.45, 7) is 5.36. The lowest BCUT2D eigenvalue weighted by molar-refractivity contribution is -0.348. The molecule has 53 heavy (non-hydrogen) atoms. The first-order chi connectivity index (χ1) is 24.0. The number of carbonyl (C=O) groups is 2. The van der Waals surface area contributed by atoms with Crippen molar-refractivity contribution < 1.29 is 57.7 Å². The number of halogens is 11. The average molecular weight is 801 g/mol. The predicted molar refractivity (Wildman–Crippen MR) is 172 cm³/mol. The fraction of sp³-hybridized carbons (Fsp3) is 0.344. The van der Waals surface area contributed by atoms with Crippen LogP contribution in [-0.2, 0) is 21.6 Å². The van der Waals surface area contributed by atoms with E-state index in [1.54, 1.807) is 0 Å². The number of hydrogen-bond acceptors (Lipinski definition) is 7. The van der Waals surface area contributed by atoms with E-state index in [1.165, 1.54) is 57.5 Å². The van der Waals surface area contributed by atoms with Gasteiger partial charge in [-0.15, -0.1) is 4.36 Å². The molecule has 1 heterocycles. The maximum absolute atomic E-state index is 14.3. The minimum absolute atomic E-state index is 0.159. The van der Waals surface area contributed by atoms with Gasteiger partial charge < -0.3 is 10.6 Å². The average Bonchev–Trinajstić information content (AvgIpc) is 3.03. The summed E-state index contributed by atoms with van der Waals surface area (Å²) in [5, 5.41) is 21.3. The molecule has 0 spiro atoms. The van der Waals surface area contributed by atoms with Crippen LogP contribution in [0.3, 0.4) is 0 Å². The van der Waals surface area contributed by atoms with Crippen molar-refractivity contribution in [2.24, 2.45) is 4.36 Å². The lowest BCUT2D eigenvalue weighted by Crippen LogP contribution is -2.50. The molecule has 2 aromatic carbocycles. The van der Waals surface area contributed by atoms with Gasteiger partial charge in [0.2, 0.25) is 6.19 Å². The zero-order valence-electron chi connectivity index (χ0n) is 27.9. The van der Waals surface area contributed by atoms with E-state index >= 15 is 0 Å². The summed E-state index contributed by atoms with van der Waals surface area (Å²) in [5.74, 6) is -1.86. The highest BCUT2D eigenvalue weighted by molar-refractivity contribution is 7.93. The van der Waals surface area contributed by atoms with E-state index in [0.29, 0.717) is 17.7 Å². The zero-order chi connectivity index (χ0) is 41.0. The fourth-order valence-electron chi connectivity index (χ4n) is 4.24. The second kappa shape index (κ2) is 16.0. The number of nitriles is 2. The summed E-state index contributed by atoms with van der Waals surface area (Å²) in [6.07, 6.45) is -13.4. The Bertz CT molecular complexity index is 2050. The fourth-order valence-corrected chi connectivity index (χ4v) is 5.47. The molecule has 9 nitrogen and oxygen atoms in total. The number of nitrogens with one attached hydrogen (secondary N) is 2. The second-order valence-electron chi connectivity index (χ2n) is 11.7. The highest BCUT2D eigenvalue weighted by Gasteiger charge is 2.73. The Morgan fingerprint density at radius 3 is 1.96 bits per heavy atom. The third-order valence-electron chi connectivity index (χ3n) is 7.27. The molecule has 0 saturated heterocycles. The van der Waals surface area contributed by atoms with Crippen LogP contribution >= 0.6 is 11.6 Å². The van der Waals surface area contributed by atoms with Crippen molar-refractivity contribution in [3.8, 4) is 12.3 Å². The molecule has 3 rings (SSSR count). The van der Waals surface area contributed by atoms with Crippen molar-refractivity contribution in [1.29, 1.82) is 10.5 Å². The van der Waals surface area contributed by atoms with E-state index in [2.05, 4.69) is 20.0 Å². The van der Waals surface area contributed by atoms with Gasteiger partial charge in [0, 0.05) is 23.7 Å². The summed E-state index contributed by atoms with van der Waals surface area (Å²) in [5.41, 5.74) is -10.5. The largest absolute Gasteiger partial charge is 0.435 e. The first kappa shape index (κ1) is 44.2. The van der Waals surface area contributed by atoms with E-state index in [4.69, 9.17) is 22.1 Å². The molecule has 0 aliphatic rings. The van der Waals surface area contributed by atoms with E-state index in [-0.39, 0.29) is 33.5 Å². The van der Waals surface area contributed by atoms with E-state index in [9.17, 15) is 57.7 Å². The van der Waals surface area contributed by atoms with Crippen molar-refractivity contribution in [1.82, 2.24) is 10.3 Å². The molecule has 286 valence electrons. The van der Waals surface area contributed by atoms with Crippen molar-refractivity contribution >= 4 is 38.8 Å². The number of rotatable bonds is 7. The Morgan fingerprint density at radius 1 is 0.925 bits per heavy atom. The molecule has 1 aromatic heterocycles. The second-order valence-corrected chi connectivity index (χ2v) is 14.7. The van der Waals surface area contributed by atoms with Crippen LogP contribution in [0.15, 0.2) is 59.1 Å². The number of benzene rings is 2. The van der Waals surface area contributed by atoms with Crippen LogP contribution in [0.2, 0.25) is 5.02 Å². The first-order valence-electron chi connectivity index (χ1n) is 14.4. The van der Waals surface area contributed by atoms with Crippen LogP contribution < -0.4 is 10.6 Å². The van der Waals surface area contributed by atoms with Crippen molar-refractivity contribution in [3.05, 3.63) is 93.3 Å². The Balaban J connectivity index is 0.000000453. The Morgan fingerprint density at radius 2 is 1.51 bits per heavy atom. The van der Waals surface area contributed by atoms with Crippen molar-refractivity contribution in [3.63, 3.8) is 0 Å². The normalized spacial score (nSPS) is 13.9. The Kier molecular flexibility index (Phi) is 13.3. The van der Waals surface area contributed by atoms with Gasteiger partial charge in [-0.3, -0.25) is 14.6 Å². The molecule has 0 saturated carbocycles. The monoisotopic (exact) mass is 800 g/mol. The van der Waals surface area contributed by atoms with E-state index in [0.717, 1.165) is 19.2 Å². The molecular weight excluding hydrogens is 774 g/mol. The van der Waals surface area contributed by atoms with E-state index < -0.39 is 67.8 Å². The molecule has 0 bridgehead atoms. The highest BCUT2D eigenvalue weighted by atomic mass is 35.5. The topological polar surface area (TPSA) is 148 Å². The number of nitrogens with zero attached hydrogens (tertiary/aromatic N) is 4. The Labute approximate surface area is 301 Å². The van der Waals surface area contributed by atoms with Crippen molar-refractivity contribution in [2.75, 3.05) is 11.6 Å². The zero-order valence-corrected chi connectivity index (χ0v) is 29.4. The molecule has 2 N–H and O–H groups in total. The maximum atomic E-state index is 14.3. The van der Waals surface area contributed by atoms with Gasteiger partial charge in [0.05, 0.1) is 37.2 Å². The summed E-state index contributed by atoms with van der Waals surface area (Å²) < 4.78 is 145. The number of aromatic nitrogens is 1. The molecule has 0 fully saturated rings. The quantitative estimate of drug-likeness (QED) is 0.180. The van der Waals surface area contributed by atoms with Gasteiger partial charge >= 0.3 is 24.2 Å². The minimum Gasteiger partial charge on any atom is -0.334 e. The number of hydrogen-bond donors (Lipinski definition) is 2. The third kappa shape index (κ3) is 10.4. The lowest BCUT2D eigenvalue weighted by atomic mass is 9.92. The lowest BCUT2D eigenvalue weighted by Gasteiger charge is -2.30. The molecular formula is C32H27ClF10N6O3S. The first-order valence-corrected chi connectivity index (χ1v) is 16.8. The van der Waals surface area contributed by atoms with Crippen LogP contribution in [0, 0.1) is 29.7 Å². The van der Waals surface area contributed by atoms with Gasteiger partial charge in [0.15, 0.2) is 0 Å². The molecule has 3 aromatic rings. The Hall–Kier alpha value is -4.95. The summed E-state index contributed by atoms with van der Waals surface area (Å²) in [4.78, 5) is 28.7. The van der Waals surface area contributed by atoms with Gasteiger partial charge in [0.25, 0.3) is 11.8 Å². The summed E-state index contributed by atoms with van der Waals surface area (Å²) in [7, 11) is -2.82. The van der Waals surface area contributed by atoms with Gasteiger partial charge in [-0.2, -0.15) is 50.0 Å². The number of alkyl halides is 10. The van der Waals surface area contributed by atoms with Gasteiger partial charge in [-0.25, -0.2) is 8.60 Å². The van der Waals surface area contributed by atoms with Gasteiger partial charge in [-0.05, 0) is 63.1 Å². The van der Waals surface area contributed by atoms with Gasteiger partial charge in [-0.1, -0.05) is 35.9 Å². The van der Waals surface area contributed by atoms with Crippen LogP contribution in [0.25, 0.3) is 0 Å². The van der Waals surface area contributed by atoms with Crippen LogP contribution in [0.4, 0.5) is 49.6 Å². The minimum atomic E-state index is -6.29. The number of pyridine rings is 1. The van der Waals surface area contributed by atoms with Gasteiger partial charge in [0.1, 0.15) is 11.2 Å². The summed E-state index contributed by atoms with van der Waals surface area (Å²) >= 11 is 6.05. The molecule has 0 aliphatic heterocycles. The molecule has 0 aliphatic carbocycles. The number of anilines is 1. The smallest absolute Gasteiger partial charge is 0.334 e. The predicted octanol–water partition coefficient (Wildman–Crippen LogP) is 8.96. The summed E-state index contributed by atoms with van der Waals surface area (Å²) in [6, 6.07) is 8.89. The number of aryl methyl sites for hydroxylation is 1. The molecule has 21 heteroatoms. The van der Waals surface area contributed by atoms with E-state index in [1.807, 2.05) is 6.07 Å². The highest BCUT2D eigenvalue weighted by Crippen LogP contribution is 2.53.